The van der Waals surface area contributed by atoms with Crippen molar-refractivity contribution in [2.45, 2.75) is 19.4 Å². The Balaban J connectivity index is 1.51. The standard InChI is InChI=1S/C24H18N2O3/c27-23-21-13-19(8-4-7-17-5-2-1-3-6-17)14-22(21)25-16-26(23)15-18-9-11-20(12-10-18)24(28)29/h1-3,5-6,9-13,16H,7,14-15H2,(H,28,29). The zero-order chi connectivity index (χ0) is 20.2. The molecule has 29 heavy (non-hydrogen) atoms. The highest BCUT2D eigenvalue weighted by Crippen LogP contribution is 2.19. The second kappa shape index (κ2) is 7.99. The van der Waals surface area contributed by atoms with Gasteiger partial charge in [0.2, 0.25) is 0 Å². The summed E-state index contributed by atoms with van der Waals surface area (Å²) in [5.74, 6) is 5.35. The number of fused-ring (bicyclic) bond motifs is 1. The Kier molecular flexibility index (Phi) is 5.08. The fourth-order valence-electron chi connectivity index (χ4n) is 3.23. The molecule has 0 atom stereocenters. The predicted octanol–water partition coefficient (Wildman–Crippen LogP) is 3.18. The third-order valence-electron chi connectivity index (χ3n) is 4.77. The van der Waals surface area contributed by atoms with Crippen LogP contribution in [-0.4, -0.2) is 20.6 Å². The fourth-order valence-corrected chi connectivity index (χ4v) is 3.23. The van der Waals surface area contributed by atoms with Crippen LogP contribution in [-0.2, 0) is 19.4 Å². The molecule has 3 aromatic rings. The zero-order valence-corrected chi connectivity index (χ0v) is 15.6. The van der Waals surface area contributed by atoms with Gasteiger partial charge in [0.1, 0.15) is 0 Å². The minimum atomic E-state index is -0.973. The molecule has 1 aromatic heterocycles. The van der Waals surface area contributed by atoms with Crippen molar-refractivity contribution >= 4 is 12.0 Å². The van der Waals surface area contributed by atoms with E-state index < -0.39 is 5.97 Å². The Labute approximate surface area is 168 Å². The number of carboxylic acid groups (broad SMARTS) is 1. The molecule has 1 N–H and O–H groups in total. The minimum Gasteiger partial charge on any atom is -0.478 e. The van der Waals surface area contributed by atoms with Crippen LogP contribution in [0, 0.1) is 11.8 Å². The molecule has 0 radical (unpaired) electrons. The van der Waals surface area contributed by atoms with E-state index in [0.29, 0.717) is 24.9 Å². The number of carbonyl (C=O) groups is 1. The van der Waals surface area contributed by atoms with Gasteiger partial charge in [0.15, 0.2) is 0 Å². The predicted molar refractivity (Wildman–Crippen MR) is 111 cm³/mol. The van der Waals surface area contributed by atoms with Gasteiger partial charge < -0.3 is 5.11 Å². The van der Waals surface area contributed by atoms with Crippen LogP contribution in [0.15, 0.2) is 71.3 Å². The van der Waals surface area contributed by atoms with Crippen molar-refractivity contribution < 1.29 is 9.90 Å². The highest BCUT2D eigenvalue weighted by atomic mass is 16.4. The molecule has 0 saturated heterocycles. The number of aromatic carboxylic acids is 1. The average molecular weight is 382 g/mol. The first-order chi connectivity index (χ1) is 14.1. The van der Waals surface area contributed by atoms with E-state index in [9.17, 15) is 9.59 Å². The van der Waals surface area contributed by atoms with Gasteiger partial charge in [0.25, 0.3) is 5.56 Å². The number of aromatic nitrogens is 2. The van der Waals surface area contributed by atoms with Gasteiger partial charge in [-0.2, -0.15) is 0 Å². The molecule has 5 heteroatoms. The topological polar surface area (TPSA) is 72.2 Å². The Hall–Kier alpha value is -3.91. The largest absolute Gasteiger partial charge is 0.478 e. The number of rotatable bonds is 4. The van der Waals surface area contributed by atoms with Crippen molar-refractivity contribution in [1.29, 1.82) is 0 Å². The summed E-state index contributed by atoms with van der Waals surface area (Å²) in [6.07, 6.45) is 4.60. The summed E-state index contributed by atoms with van der Waals surface area (Å²) in [7, 11) is 0. The van der Waals surface area contributed by atoms with Crippen LogP contribution in [0.2, 0.25) is 0 Å². The summed E-state index contributed by atoms with van der Waals surface area (Å²) in [6, 6.07) is 16.5. The minimum absolute atomic E-state index is 0.114. The Morgan fingerprint density at radius 1 is 1.07 bits per heavy atom. The van der Waals surface area contributed by atoms with Gasteiger partial charge >= 0.3 is 5.97 Å². The first-order valence-corrected chi connectivity index (χ1v) is 9.24. The van der Waals surface area contributed by atoms with Crippen molar-refractivity contribution in [2.75, 3.05) is 0 Å². The van der Waals surface area contributed by atoms with Gasteiger partial charge in [0.05, 0.1) is 29.7 Å². The number of benzene rings is 2. The summed E-state index contributed by atoms with van der Waals surface area (Å²) >= 11 is 0. The van der Waals surface area contributed by atoms with E-state index >= 15 is 0 Å². The highest BCUT2D eigenvalue weighted by molar-refractivity contribution is 5.87. The van der Waals surface area contributed by atoms with Gasteiger partial charge in [-0.25, -0.2) is 9.78 Å². The Morgan fingerprint density at radius 2 is 1.83 bits per heavy atom. The molecule has 0 fully saturated rings. The number of hydrogen-bond acceptors (Lipinski definition) is 3. The summed E-state index contributed by atoms with van der Waals surface area (Å²) in [5, 5.41) is 8.98. The molecule has 0 aliphatic heterocycles. The van der Waals surface area contributed by atoms with Crippen molar-refractivity contribution in [2.24, 2.45) is 0 Å². The Bertz CT molecular complexity index is 1210. The highest BCUT2D eigenvalue weighted by Gasteiger charge is 2.17. The molecule has 0 spiro atoms. The summed E-state index contributed by atoms with van der Waals surface area (Å²) in [6.45, 7) is 0.335. The lowest BCUT2D eigenvalue weighted by molar-refractivity contribution is 0.0697. The second-order valence-electron chi connectivity index (χ2n) is 6.85. The molecule has 1 aliphatic carbocycles. The van der Waals surface area contributed by atoms with Crippen molar-refractivity contribution in [3.05, 3.63) is 105 Å². The van der Waals surface area contributed by atoms with Crippen LogP contribution >= 0.6 is 0 Å². The normalized spacial score (nSPS) is 11.9. The van der Waals surface area contributed by atoms with Gasteiger partial charge in [0, 0.05) is 18.4 Å². The average Bonchev–Trinajstić information content (AvgIpc) is 3.15. The molecule has 1 aliphatic rings. The van der Waals surface area contributed by atoms with Crippen LogP contribution in [0.5, 0.6) is 0 Å². The molecule has 5 nitrogen and oxygen atoms in total. The van der Waals surface area contributed by atoms with E-state index in [-0.39, 0.29) is 11.1 Å². The zero-order valence-electron chi connectivity index (χ0n) is 15.6. The van der Waals surface area contributed by atoms with Gasteiger partial charge in [-0.1, -0.05) is 54.3 Å². The van der Waals surface area contributed by atoms with Crippen molar-refractivity contribution in [1.82, 2.24) is 9.55 Å². The van der Waals surface area contributed by atoms with Crippen molar-refractivity contribution in [3.63, 3.8) is 0 Å². The fraction of sp³-hybridized carbons (Fsp3) is 0.125. The number of nitrogens with zero attached hydrogens (tertiary/aromatic N) is 2. The lowest BCUT2D eigenvalue weighted by Crippen LogP contribution is -2.24. The molecule has 1 heterocycles. The lowest BCUT2D eigenvalue weighted by atomic mass is 10.1. The second-order valence-corrected chi connectivity index (χ2v) is 6.85. The van der Waals surface area contributed by atoms with Crippen LogP contribution in [0.25, 0.3) is 6.08 Å². The van der Waals surface area contributed by atoms with Crippen molar-refractivity contribution in [3.8, 4) is 11.8 Å². The van der Waals surface area contributed by atoms with Crippen LogP contribution in [0.1, 0.15) is 32.7 Å². The SMILES string of the molecule is O=C(O)c1ccc(Cn2cnc3c(c2=O)C=C(C#CCc2ccccc2)C3)cc1. The van der Waals surface area contributed by atoms with Crippen LogP contribution < -0.4 is 5.56 Å². The molecule has 142 valence electrons. The van der Waals surface area contributed by atoms with Crippen LogP contribution in [0.4, 0.5) is 0 Å². The smallest absolute Gasteiger partial charge is 0.335 e. The molecule has 0 saturated carbocycles. The molecule has 2 aromatic carbocycles. The van der Waals surface area contributed by atoms with E-state index in [0.717, 1.165) is 22.4 Å². The van der Waals surface area contributed by atoms with E-state index in [1.165, 1.54) is 16.7 Å². The molecule has 4 rings (SSSR count). The summed E-state index contributed by atoms with van der Waals surface area (Å²) < 4.78 is 1.53. The molecule has 0 amide bonds. The van der Waals surface area contributed by atoms with E-state index in [1.807, 2.05) is 36.4 Å². The maximum Gasteiger partial charge on any atom is 0.335 e. The first kappa shape index (κ1) is 18.5. The lowest BCUT2D eigenvalue weighted by Gasteiger charge is -2.07. The molecular weight excluding hydrogens is 364 g/mol. The molecular formula is C24H18N2O3. The first-order valence-electron chi connectivity index (χ1n) is 9.24. The number of carboxylic acids is 1. The maximum absolute atomic E-state index is 12.8. The van der Waals surface area contributed by atoms with E-state index in [2.05, 4.69) is 16.8 Å². The van der Waals surface area contributed by atoms with Gasteiger partial charge in [-0.05, 0) is 29.3 Å². The molecule has 0 unspecified atom stereocenters. The summed E-state index contributed by atoms with van der Waals surface area (Å²) in [4.78, 5) is 28.2. The molecule has 0 bridgehead atoms. The third kappa shape index (κ3) is 4.17. The quantitative estimate of drug-likeness (QED) is 0.704. The monoisotopic (exact) mass is 382 g/mol. The van der Waals surface area contributed by atoms with Crippen LogP contribution in [0.3, 0.4) is 0 Å². The number of allylic oxidation sites excluding steroid dienone is 1. The summed E-state index contributed by atoms with van der Waals surface area (Å²) in [5.41, 5.74) is 4.32. The van der Waals surface area contributed by atoms with Gasteiger partial charge in [-0.3, -0.25) is 9.36 Å². The number of hydrogen-bond donors (Lipinski definition) is 1. The van der Waals surface area contributed by atoms with E-state index in [1.54, 1.807) is 18.5 Å². The Morgan fingerprint density at radius 3 is 2.55 bits per heavy atom. The van der Waals surface area contributed by atoms with E-state index in [4.69, 9.17) is 5.11 Å². The van der Waals surface area contributed by atoms with Gasteiger partial charge in [-0.15, -0.1) is 0 Å². The third-order valence-corrected chi connectivity index (χ3v) is 4.77. The maximum atomic E-state index is 12.8.